The summed E-state index contributed by atoms with van der Waals surface area (Å²) in [4.78, 5) is 11.5. The molecule has 2 rings (SSSR count). The maximum atomic E-state index is 13.7. The molecule has 0 aliphatic heterocycles. The number of anilines is 1. The molecule has 0 fully saturated rings. The second-order valence-electron chi connectivity index (χ2n) is 5.23. The van der Waals surface area contributed by atoms with E-state index in [9.17, 15) is 9.18 Å². The molecule has 0 saturated carbocycles. The standard InChI is InChI=1S/C19H19FN2O2/c1-14-11-17(20)16(12-18(14)21)9-5-6-10-22-19(23)24-13-15-7-3-2-4-8-15/h2-4,7-8,11-12H,6,10,13,21H2,1H3,(H,22,23). The van der Waals surface area contributed by atoms with E-state index in [-0.39, 0.29) is 12.2 Å². The topological polar surface area (TPSA) is 64.3 Å². The Morgan fingerprint density at radius 2 is 2.04 bits per heavy atom. The number of hydrogen-bond acceptors (Lipinski definition) is 3. The zero-order valence-electron chi connectivity index (χ0n) is 13.4. The minimum Gasteiger partial charge on any atom is -0.445 e. The van der Waals surface area contributed by atoms with E-state index < -0.39 is 11.9 Å². The number of rotatable bonds is 4. The first kappa shape index (κ1) is 17.4. The highest BCUT2D eigenvalue weighted by Crippen LogP contribution is 2.16. The summed E-state index contributed by atoms with van der Waals surface area (Å²) in [7, 11) is 0. The lowest BCUT2D eigenvalue weighted by Gasteiger charge is -2.05. The lowest BCUT2D eigenvalue weighted by Crippen LogP contribution is -2.24. The van der Waals surface area contributed by atoms with Crippen molar-refractivity contribution in [3.63, 3.8) is 0 Å². The predicted octanol–water partition coefficient (Wildman–Crippen LogP) is 3.38. The van der Waals surface area contributed by atoms with Crippen LogP contribution in [0, 0.1) is 24.6 Å². The molecule has 0 atom stereocenters. The Kier molecular flexibility index (Phi) is 6.21. The Morgan fingerprint density at radius 3 is 2.79 bits per heavy atom. The lowest BCUT2D eigenvalue weighted by molar-refractivity contribution is 0.140. The number of carbonyl (C=O) groups excluding carboxylic acids is 1. The van der Waals surface area contributed by atoms with Crippen molar-refractivity contribution >= 4 is 11.8 Å². The average Bonchev–Trinajstić information content (AvgIpc) is 2.58. The van der Waals surface area contributed by atoms with E-state index in [1.165, 1.54) is 12.1 Å². The molecule has 0 spiro atoms. The summed E-state index contributed by atoms with van der Waals surface area (Å²) in [5.41, 5.74) is 8.09. The highest BCUT2D eigenvalue weighted by Gasteiger charge is 2.03. The van der Waals surface area contributed by atoms with Crippen LogP contribution in [-0.2, 0) is 11.3 Å². The fourth-order valence-electron chi connectivity index (χ4n) is 1.94. The smallest absolute Gasteiger partial charge is 0.407 e. The van der Waals surface area contributed by atoms with Crippen LogP contribution in [0.25, 0.3) is 0 Å². The molecule has 0 saturated heterocycles. The summed E-state index contributed by atoms with van der Waals surface area (Å²) < 4.78 is 18.7. The Balaban J connectivity index is 1.73. The van der Waals surface area contributed by atoms with Gasteiger partial charge in [0.25, 0.3) is 0 Å². The Morgan fingerprint density at radius 1 is 1.29 bits per heavy atom. The normalized spacial score (nSPS) is 9.75. The number of carbonyl (C=O) groups is 1. The van der Waals surface area contributed by atoms with Gasteiger partial charge >= 0.3 is 6.09 Å². The fourth-order valence-corrected chi connectivity index (χ4v) is 1.94. The van der Waals surface area contributed by atoms with Crippen LogP contribution >= 0.6 is 0 Å². The first-order chi connectivity index (χ1) is 11.6. The van der Waals surface area contributed by atoms with Gasteiger partial charge in [0.2, 0.25) is 0 Å². The Bertz CT molecular complexity index is 764. The summed E-state index contributed by atoms with van der Waals surface area (Å²) in [6.07, 6.45) is -0.125. The van der Waals surface area contributed by atoms with Gasteiger partial charge in [0.15, 0.2) is 0 Å². The largest absolute Gasteiger partial charge is 0.445 e. The number of aryl methyl sites for hydroxylation is 1. The molecular weight excluding hydrogens is 307 g/mol. The molecule has 0 bridgehead atoms. The summed E-state index contributed by atoms with van der Waals surface area (Å²) >= 11 is 0. The molecule has 2 aromatic carbocycles. The van der Waals surface area contributed by atoms with E-state index in [1.807, 2.05) is 30.3 Å². The molecule has 0 heterocycles. The highest BCUT2D eigenvalue weighted by atomic mass is 19.1. The fraction of sp³-hybridized carbons (Fsp3) is 0.211. The molecule has 24 heavy (non-hydrogen) atoms. The van der Waals surface area contributed by atoms with Crippen LogP contribution in [0.5, 0.6) is 0 Å². The zero-order chi connectivity index (χ0) is 17.4. The van der Waals surface area contributed by atoms with Crippen LogP contribution in [-0.4, -0.2) is 12.6 Å². The number of halogens is 1. The maximum Gasteiger partial charge on any atom is 0.407 e. The van der Waals surface area contributed by atoms with Gasteiger partial charge in [0, 0.05) is 18.7 Å². The second kappa shape index (κ2) is 8.59. The Labute approximate surface area is 140 Å². The van der Waals surface area contributed by atoms with Gasteiger partial charge in [0.1, 0.15) is 12.4 Å². The predicted molar refractivity (Wildman–Crippen MR) is 91.7 cm³/mol. The van der Waals surface area contributed by atoms with E-state index in [0.717, 1.165) is 5.56 Å². The lowest BCUT2D eigenvalue weighted by atomic mass is 10.1. The summed E-state index contributed by atoms with van der Waals surface area (Å²) in [5, 5.41) is 2.59. The van der Waals surface area contributed by atoms with Crippen LogP contribution in [0.1, 0.15) is 23.1 Å². The molecule has 3 N–H and O–H groups in total. The quantitative estimate of drug-likeness (QED) is 0.514. The van der Waals surface area contributed by atoms with Crippen molar-refractivity contribution in [2.24, 2.45) is 0 Å². The van der Waals surface area contributed by atoms with E-state index in [1.54, 1.807) is 6.92 Å². The number of alkyl carbamates (subject to hydrolysis) is 1. The van der Waals surface area contributed by atoms with Gasteiger partial charge in [-0.2, -0.15) is 0 Å². The van der Waals surface area contributed by atoms with E-state index in [2.05, 4.69) is 17.2 Å². The Hall–Kier alpha value is -3.00. The first-order valence-corrected chi connectivity index (χ1v) is 7.55. The second-order valence-corrected chi connectivity index (χ2v) is 5.23. The molecule has 1 amide bonds. The monoisotopic (exact) mass is 326 g/mol. The SMILES string of the molecule is Cc1cc(F)c(C#CCCNC(=O)OCc2ccccc2)cc1N. The molecular formula is C19H19FN2O2. The van der Waals surface area contributed by atoms with Crippen molar-refractivity contribution in [3.8, 4) is 11.8 Å². The van der Waals surface area contributed by atoms with Crippen molar-refractivity contribution in [1.29, 1.82) is 0 Å². The summed E-state index contributed by atoms with van der Waals surface area (Å²) in [6.45, 7) is 2.27. The summed E-state index contributed by atoms with van der Waals surface area (Å²) in [6, 6.07) is 12.3. The molecule has 124 valence electrons. The zero-order valence-corrected chi connectivity index (χ0v) is 13.4. The molecule has 0 unspecified atom stereocenters. The van der Waals surface area contributed by atoms with Crippen molar-refractivity contribution in [1.82, 2.24) is 5.32 Å². The number of benzene rings is 2. The first-order valence-electron chi connectivity index (χ1n) is 7.55. The third-order valence-corrected chi connectivity index (χ3v) is 3.31. The van der Waals surface area contributed by atoms with Crippen LogP contribution in [0.4, 0.5) is 14.9 Å². The van der Waals surface area contributed by atoms with Gasteiger partial charge in [0.05, 0.1) is 5.56 Å². The van der Waals surface area contributed by atoms with Gasteiger partial charge in [-0.1, -0.05) is 42.2 Å². The number of ether oxygens (including phenoxy) is 1. The third-order valence-electron chi connectivity index (χ3n) is 3.31. The average molecular weight is 326 g/mol. The molecule has 0 aliphatic carbocycles. The summed E-state index contributed by atoms with van der Waals surface area (Å²) in [5.74, 6) is 5.12. The van der Waals surface area contributed by atoms with Crippen molar-refractivity contribution < 1.29 is 13.9 Å². The van der Waals surface area contributed by atoms with Crippen molar-refractivity contribution in [3.05, 3.63) is 65.0 Å². The minimum absolute atomic E-state index is 0.214. The molecule has 5 heteroatoms. The van der Waals surface area contributed by atoms with Gasteiger partial charge in [-0.25, -0.2) is 9.18 Å². The molecule has 0 aromatic heterocycles. The minimum atomic E-state index is -0.508. The van der Waals surface area contributed by atoms with Gasteiger partial charge < -0.3 is 15.8 Å². The van der Waals surface area contributed by atoms with E-state index in [4.69, 9.17) is 10.5 Å². The number of nitrogens with one attached hydrogen (secondary N) is 1. The van der Waals surface area contributed by atoms with Crippen LogP contribution in [0.2, 0.25) is 0 Å². The maximum absolute atomic E-state index is 13.7. The van der Waals surface area contributed by atoms with Crippen molar-refractivity contribution in [2.75, 3.05) is 12.3 Å². The number of nitrogen functional groups attached to an aromatic ring is 1. The number of nitrogens with two attached hydrogens (primary N) is 1. The molecule has 0 radical (unpaired) electrons. The number of hydrogen-bond donors (Lipinski definition) is 2. The van der Waals surface area contributed by atoms with E-state index >= 15 is 0 Å². The van der Waals surface area contributed by atoms with Crippen molar-refractivity contribution in [2.45, 2.75) is 20.0 Å². The van der Waals surface area contributed by atoms with Crippen LogP contribution in [0.3, 0.4) is 0 Å². The highest BCUT2D eigenvalue weighted by molar-refractivity contribution is 5.67. The molecule has 0 aliphatic rings. The number of amides is 1. The van der Waals surface area contributed by atoms with Crippen LogP contribution in [0.15, 0.2) is 42.5 Å². The van der Waals surface area contributed by atoms with Gasteiger partial charge in [-0.3, -0.25) is 0 Å². The molecule has 4 nitrogen and oxygen atoms in total. The third kappa shape index (κ3) is 5.33. The van der Waals surface area contributed by atoms with E-state index in [0.29, 0.717) is 24.2 Å². The van der Waals surface area contributed by atoms with Crippen LogP contribution < -0.4 is 11.1 Å². The molecule has 2 aromatic rings. The van der Waals surface area contributed by atoms with Gasteiger partial charge in [-0.15, -0.1) is 0 Å². The van der Waals surface area contributed by atoms with Gasteiger partial charge in [-0.05, 0) is 30.2 Å².